The van der Waals surface area contributed by atoms with Gasteiger partial charge in [-0.15, -0.1) is 11.3 Å². The van der Waals surface area contributed by atoms with Crippen LogP contribution < -0.4 is 0 Å². The molecule has 0 saturated heterocycles. The topological polar surface area (TPSA) is 39.2 Å². The lowest BCUT2D eigenvalue weighted by Gasteiger charge is -1.94. The van der Waals surface area contributed by atoms with Crippen molar-refractivity contribution in [1.82, 2.24) is 4.98 Å². The maximum Gasteiger partial charge on any atom is 0.349 e. The molecule has 1 unspecified atom stereocenters. The maximum absolute atomic E-state index is 11.2. The Morgan fingerprint density at radius 2 is 2.31 bits per heavy atom. The van der Waals surface area contributed by atoms with Crippen molar-refractivity contribution in [1.29, 1.82) is 0 Å². The van der Waals surface area contributed by atoms with Crippen molar-refractivity contribution < 1.29 is 9.53 Å². The summed E-state index contributed by atoms with van der Waals surface area (Å²) in [5.41, 5.74) is 0.734. The Morgan fingerprint density at radius 1 is 1.69 bits per heavy atom. The van der Waals surface area contributed by atoms with E-state index in [1.807, 2.05) is 13.8 Å². The number of nitrogens with zero attached hydrogens (tertiary/aromatic N) is 1. The molecule has 0 bridgehead atoms. The third-order valence-electron chi connectivity index (χ3n) is 1.52. The number of ether oxygens (including phenoxy) is 1. The van der Waals surface area contributed by atoms with Crippen LogP contribution in [0.4, 0.5) is 0 Å². The molecule has 0 amide bonds. The van der Waals surface area contributed by atoms with Crippen LogP contribution in [0.3, 0.4) is 0 Å². The molecule has 1 heterocycles. The van der Waals surface area contributed by atoms with Crippen molar-refractivity contribution in [2.75, 3.05) is 7.11 Å². The highest BCUT2D eigenvalue weighted by atomic mass is 79.9. The molecule has 1 aromatic heterocycles. The molecule has 0 saturated carbocycles. The van der Waals surface area contributed by atoms with E-state index in [2.05, 4.69) is 25.7 Å². The summed E-state index contributed by atoms with van der Waals surface area (Å²) in [5.74, 6) is -0.311. The van der Waals surface area contributed by atoms with Gasteiger partial charge in [0.2, 0.25) is 0 Å². The van der Waals surface area contributed by atoms with Gasteiger partial charge in [0.1, 0.15) is 9.88 Å². The number of hydrogen-bond acceptors (Lipinski definition) is 4. The highest BCUT2D eigenvalue weighted by Gasteiger charge is 2.17. The van der Waals surface area contributed by atoms with E-state index in [1.165, 1.54) is 18.4 Å². The minimum Gasteiger partial charge on any atom is -0.465 e. The Bertz CT molecular complexity index is 322. The van der Waals surface area contributed by atoms with E-state index in [0.717, 1.165) is 10.7 Å². The third-order valence-corrected chi connectivity index (χ3v) is 3.58. The minimum atomic E-state index is -0.311. The third kappa shape index (κ3) is 2.28. The number of hydrogen-bond donors (Lipinski definition) is 0. The van der Waals surface area contributed by atoms with Crippen molar-refractivity contribution in [2.24, 2.45) is 0 Å². The molecular weight excluding hydrogens is 254 g/mol. The molecule has 3 nitrogen and oxygen atoms in total. The molecule has 0 spiro atoms. The molecule has 0 fully saturated rings. The summed E-state index contributed by atoms with van der Waals surface area (Å²) in [5, 5.41) is 0.901. The largest absolute Gasteiger partial charge is 0.465 e. The van der Waals surface area contributed by atoms with E-state index < -0.39 is 0 Å². The zero-order chi connectivity index (χ0) is 10.0. The van der Waals surface area contributed by atoms with Crippen LogP contribution in [0.2, 0.25) is 0 Å². The molecular formula is C8H10BrNO2S. The number of aromatic nitrogens is 1. The van der Waals surface area contributed by atoms with Crippen molar-refractivity contribution in [3.63, 3.8) is 0 Å². The molecule has 0 aliphatic carbocycles. The van der Waals surface area contributed by atoms with Crippen LogP contribution in [-0.2, 0) is 4.74 Å². The van der Waals surface area contributed by atoms with Gasteiger partial charge in [-0.05, 0) is 13.8 Å². The first-order valence-corrected chi connectivity index (χ1v) is 5.49. The summed E-state index contributed by atoms with van der Waals surface area (Å²) in [6.45, 7) is 3.78. The van der Waals surface area contributed by atoms with Gasteiger partial charge in [-0.3, -0.25) is 0 Å². The zero-order valence-electron chi connectivity index (χ0n) is 7.63. The Hall–Kier alpha value is -0.420. The van der Waals surface area contributed by atoms with Crippen LogP contribution in [0.25, 0.3) is 0 Å². The molecule has 13 heavy (non-hydrogen) atoms. The summed E-state index contributed by atoms with van der Waals surface area (Å²) in [7, 11) is 1.37. The smallest absolute Gasteiger partial charge is 0.349 e. The molecule has 1 atom stereocenters. The van der Waals surface area contributed by atoms with Crippen LogP contribution in [0.15, 0.2) is 0 Å². The predicted octanol–water partition coefficient (Wildman–Crippen LogP) is 2.69. The molecule has 0 aromatic carbocycles. The van der Waals surface area contributed by atoms with E-state index in [9.17, 15) is 4.79 Å². The lowest BCUT2D eigenvalue weighted by molar-refractivity contribution is 0.0605. The van der Waals surface area contributed by atoms with Crippen molar-refractivity contribution >= 4 is 33.2 Å². The standard InChI is InChI=1S/C8H10BrNO2S/c1-4(9)7-10-5(2)6(13-7)8(11)12-3/h4H,1-3H3. The highest BCUT2D eigenvalue weighted by Crippen LogP contribution is 2.28. The number of aryl methyl sites for hydroxylation is 1. The van der Waals surface area contributed by atoms with Gasteiger partial charge >= 0.3 is 5.97 Å². The van der Waals surface area contributed by atoms with Gasteiger partial charge in [0.25, 0.3) is 0 Å². The second-order valence-electron chi connectivity index (χ2n) is 2.57. The molecule has 0 N–H and O–H groups in total. The Labute approximate surface area is 89.3 Å². The van der Waals surface area contributed by atoms with E-state index >= 15 is 0 Å². The second-order valence-corrected chi connectivity index (χ2v) is 4.98. The van der Waals surface area contributed by atoms with Gasteiger partial charge in [-0.2, -0.15) is 0 Å². The normalized spacial score (nSPS) is 12.6. The number of rotatable bonds is 2. The predicted molar refractivity (Wildman–Crippen MR) is 55.5 cm³/mol. The van der Waals surface area contributed by atoms with Gasteiger partial charge < -0.3 is 4.74 Å². The van der Waals surface area contributed by atoms with Crippen molar-refractivity contribution in [2.45, 2.75) is 18.7 Å². The van der Waals surface area contributed by atoms with Crippen LogP contribution in [0.1, 0.15) is 32.1 Å². The van der Waals surface area contributed by atoms with Gasteiger partial charge in [0, 0.05) is 0 Å². The summed E-state index contributed by atoms with van der Waals surface area (Å²) >= 11 is 4.76. The Balaban J connectivity index is 3.03. The number of carbonyl (C=O) groups is 1. The lowest BCUT2D eigenvalue weighted by Crippen LogP contribution is -1.99. The molecule has 1 aromatic rings. The van der Waals surface area contributed by atoms with Crippen molar-refractivity contribution in [3.05, 3.63) is 15.6 Å². The van der Waals surface area contributed by atoms with Gasteiger partial charge in [0.15, 0.2) is 0 Å². The zero-order valence-corrected chi connectivity index (χ0v) is 10.0. The highest BCUT2D eigenvalue weighted by molar-refractivity contribution is 9.09. The first-order valence-electron chi connectivity index (χ1n) is 3.76. The average molecular weight is 264 g/mol. The number of alkyl halides is 1. The SMILES string of the molecule is COC(=O)c1sc(C(C)Br)nc1C. The quantitative estimate of drug-likeness (QED) is 0.609. The monoisotopic (exact) mass is 263 g/mol. The van der Waals surface area contributed by atoms with E-state index in [1.54, 1.807) is 0 Å². The molecule has 0 radical (unpaired) electrons. The second kappa shape index (κ2) is 4.19. The molecule has 0 aliphatic heterocycles. The molecule has 5 heteroatoms. The number of thiazole rings is 1. The fraction of sp³-hybridized carbons (Fsp3) is 0.500. The van der Waals surface area contributed by atoms with Gasteiger partial charge in [0.05, 0.1) is 17.6 Å². The van der Waals surface area contributed by atoms with Crippen LogP contribution in [0, 0.1) is 6.92 Å². The summed E-state index contributed by atoms with van der Waals surface area (Å²) < 4.78 is 4.63. The fourth-order valence-electron chi connectivity index (χ4n) is 0.870. The van der Waals surface area contributed by atoms with E-state index in [4.69, 9.17) is 0 Å². The fourth-order valence-corrected chi connectivity index (χ4v) is 2.17. The Morgan fingerprint density at radius 3 is 2.69 bits per heavy atom. The van der Waals surface area contributed by atoms with Gasteiger partial charge in [-0.25, -0.2) is 9.78 Å². The first-order chi connectivity index (χ1) is 6.06. The molecule has 72 valence electrons. The first kappa shape index (κ1) is 10.7. The molecule has 1 rings (SSSR count). The van der Waals surface area contributed by atoms with Gasteiger partial charge in [-0.1, -0.05) is 15.9 Å². The van der Waals surface area contributed by atoms with E-state index in [-0.39, 0.29) is 10.8 Å². The van der Waals surface area contributed by atoms with Crippen molar-refractivity contribution in [3.8, 4) is 0 Å². The van der Waals surface area contributed by atoms with Crippen LogP contribution in [-0.4, -0.2) is 18.1 Å². The molecule has 0 aliphatic rings. The summed E-state index contributed by atoms with van der Waals surface area (Å²) in [6.07, 6.45) is 0. The minimum absolute atomic E-state index is 0.176. The Kier molecular flexibility index (Phi) is 3.44. The number of esters is 1. The van der Waals surface area contributed by atoms with Crippen LogP contribution in [0.5, 0.6) is 0 Å². The van der Waals surface area contributed by atoms with Crippen LogP contribution >= 0.6 is 27.3 Å². The maximum atomic E-state index is 11.2. The number of methoxy groups -OCH3 is 1. The summed E-state index contributed by atoms with van der Waals surface area (Å²) in [4.78, 5) is 16.2. The summed E-state index contributed by atoms with van der Waals surface area (Å²) in [6, 6.07) is 0. The van der Waals surface area contributed by atoms with E-state index in [0.29, 0.717) is 4.88 Å². The number of halogens is 1. The lowest BCUT2D eigenvalue weighted by atomic mass is 10.4. The number of carbonyl (C=O) groups excluding carboxylic acids is 1. The average Bonchev–Trinajstić information content (AvgIpc) is 2.46.